The maximum atomic E-state index is 12.2. The average Bonchev–Trinajstić information content (AvgIpc) is 2.51. The first-order chi connectivity index (χ1) is 9.55. The van der Waals surface area contributed by atoms with E-state index in [1.165, 1.54) is 26.4 Å². The van der Waals surface area contributed by atoms with Crippen LogP contribution in [-0.2, 0) is 0 Å². The van der Waals surface area contributed by atoms with Gasteiger partial charge in [-0.25, -0.2) is 0 Å². The molecule has 7 nitrogen and oxygen atoms in total. The Balaban J connectivity index is 3.03. The predicted octanol–water partition coefficient (Wildman–Crippen LogP) is -0.851. The summed E-state index contributed by atoms with van der Waals surface area (Å²) in [5.74, 6) is 0.224. The minimum atomic E-state index is -1.48. The number of methoxy groups -OCH3 is 2. The molecule has 1 amide bonds. The molecule has 0 aliphatic rings. The lowest BCUT2D eigenvalue weighted by Crippen LogP contribution is -2.57. The molecular formula is C13H19NO6. The third-order valence-electron chi connectivity index (χ3n) is 2.94. The van der Waals surface area contributed by atoms with Gasteiger partial charge >= 0.3 is 0 Å². The summed E-state index contributed by atoms with van der Waals surface area (Å²) in [5, 5.41) is 30.0. The maximum Gasteiger partial charge on any atom is 0.255 e. The Labute approximate surface area is 116 Å². The van der Waals surface area contributed by atoms with E-state index in [4.69, 9.17) is 9.47 Å². The van der Waals surface area contributed by atoms with Crippen molar-refractivity contribution >= 4 is 5.91 Å². The summed E-state index contributed by atoms with van der Waals surface area (Å²) >= 11 is 0. The van der Waals surface area contributed by atoms with Crippen molar-refractivity contribution < 1.29 is 29.6 Å². The summed E-state index contributed by atoms with van der Waals surface area (Å²) < 4.78 is 10.1. The lowest BCUT2D eigenvalue weighted by molar-refractivity contribution is 0.0374. The summed E-state index contributed by atoms with van der Waals surface area (Å²) in [6.45, 7) is -1.78. The Morgan fingerprint density at radius 3 is 2.20 bits per heavy atom. The van der Waals surface area contributed by atoms with E-state index >= 15 is 0 Å². The second kappa shape index (κ2) is 7.09. The van der Waals surface area contributed by atoms with Gasteiger partial charge in [0.1, 0.15) is 17.0 Å². The molecular weight excluding hydrogens is 266 g/mol. The number of nitrogens with one attached hydrogen (secondary N) is 1. The lowest BCUT2D eigenvalue weighted by atomic mass is 10.0. The van der Waals surface area contributed by atoms with Crippen LogP contribution < -0.4 is 14.8 Å². The van der Waals surface area contributed by atoms with Crippen molar-refractivity contribution in [1.29, 1.82) is 0 Å². The molecule has 112 valence electrons. The Hall–Kier alpha value is -1.83. The fraction of sp³-hybridized carbons (Fsp3) is 0.462. The standard InChI is InChI=1S/C13H19NO6/c1-19-9-3-4-10(11(5-9)20-2)12(18)14-13(6-15,7-16)8-17/h3-5,15-17H,6-8H2,1-2H3,(H,14,18). The predicted molar refractivity (Wildman–Crippen MR) is 71.0 cm³/mol. The summed E-state index contributed by atoms with van der Waals surface area (Å²) in [4.78, 5) is 12.2. The molecule has 0 atom stereocenters. The van der Waals surface area contributed by atoms with Crippen LogP contribution in [0.3, 0.4) is 0 Å². The zero-order chi connectivity index (χ0) is 15.2. The minimum Gasteiger partial charge on any atom is -0.497 e. The SMILES string of the molecule is COc1ccc(C(=O)NC(CO)(CO)CO)c(OC)c1. The van der Waals surface area contributed by atoms with Gasteiger partial charge in [-0.05, 0) is 12.1 Å². The highest BCUT2D eigenvalue weighted by molar-refractivity contribution is 5.97. The highest BCUT2D eigenvalue weighted by atomic mass is 16.5. The number of amides is 1. The van der Waals surface area contributed by atoms with Crippen LogP contribution in [0, 0.1) is 0 Å². The van der Waals surface area contributed by atoms with Crippen LogP contribution in [0.1, 0.15) is 10.4 Å². The van der Waals surface area contributed by atoms with Crippen LogP contribution in [0.2, 0.25) is 0 Å². The number of aliphatic hydroxyl groups excluding tert-OH is 3. The molecule has 0 saturated heterocycles. The second-order valence-corrected chi connectivity index (χ2v) is 4.28. The monoisotopic (exact) mass is 285 g/mol. The fourth-order valence-electron chi connectivity index (χ4n) is 1.56. The molecule has 1 rings (SSSR count). The topological polar surface area (TPSA) is 108 Å². The Morgan fingerprint density at radius 1 is 1.15 bits per heavy atom. The molecule has 0 saturated carbocycles. The van der Waals surface area contributed by atoms with Crippen molar-refractivity contribution in [3.8, 4) is 11.5 Å². The summed E-state index contributed by atoms with van der Waals surface area (Å²) in [7, 11) is 2.89. The number of hydrogen-bond acceptors (Lipinski definition) is 6. The molecule has 0 bridgehead atoms. The van der Waals surface area contributed by atoms with E-state index in [1.807, 2.05) is 0 Å². The maximum absolute atomic E-state index is 12.2. The van der Waals surface area contributed by atoms with E-state index in [2.05, 4.69) is 5.32 Å². The van der Waals surface area contributed by atoms with E-state index in [9.17, 15) is 20.1 Å². The van der Waals surface area contributed by atoms with Gasteiger partial charge in [0, 0.05) is 6.07 Å². The molecule has 0 aliphatic carbocycles. The van der Waals surface area contributed by atoms with Crippen molar-refractivity contribution in [3.63, 3.8) is 0 Å². The van der Waals surface area contributed by atoms with E-state index in [0.717, 1.165) is 0 Å². The summed E-state index contributed by atoms with van der Waals surface area (Å²) in [5.41, 5.74) is -1.28. The zero-order valence-corrected chi connectivity index (χ0v) is 11.4. The Morgan fingerprint density at radius 2 is 1.75 bits per heavy atom. The average molecular weight is 285 g/mol. The van der Waals surface area contributed by atoms with Gasteiger partial charge in [0.15, 0.2) is 0 Å². The zero-order valence-electron chi connectivity index (χ0n) is 11.4. The highest BCUT2D eigenvalue weighted by Crippen LogP contribution is 2.24. The smallest absolute Gasteiger partial charge is 0.255 e. The molecule has 0 aromatic heterocycles. The molecule has 1 aromatic rings. The van der Waals surface area contributed by atoms with Gasteiger partial charge < -0.3 is 30.1 Å². The summed E-state index contributed by atoms with van der Waals surface area (Å²) in [6.07, 6.45) is 0. The van der Waals surface area contributed by atoms with Crippen LogP contribution in [-0.4, -0.2) is 60.8 Å². The van der Waals surface area contributed by atoms with Gasteiger partial charge in [0.25, 0.3) is 5.91 Å². The molecule has 1 aromatic carbocycles. The van der Waals surface area contributed by atoms with Crippen molar-refractivity contribution in [2.24, 2.45) is 0 Å². The number of ether oxygens (including phenoxy) is 2. The van der Waals surface area contributed by atoms with Crippen molar-refractivity contribution in [1.82, 2.24) is 5.32 Å². The van der Waals surface area contributed by atoms with Crippen molar-refractivity contribution in [3.05, 3.63) is 23.8 Å². The first-order valence-corrected chi connectivity index (χ1v) is 5.93. The van der Waals surface area contributed by atoms with Gasteiger partial charge in [0.2, 0.25) is 0 Å². The number of rotatable bonds is 7. The van der Waals surface area contributed by atoms with Crippen LogP contribution in [0.15, 0.2) is 18.2 Å². The molecule has 0 heterocycles. The molecule has 0 aliphatic heterocycles. The largest absolute Gasteiger partial charge is 0.497 e. The van der Waals surface area contributed by atoms with E-state index in [-0.39, 0.29) is 11.3 Å². The Kier molecular flexibility index (Phi) is 5.75. The van der Waals surface area contributed by atoms with Crippen LogP contribution in [0.4, 0.5) is 0 Å². The third kappa shape index (κ3) is 3.38. The number of carbonyl (C=O) groups excluding carboxylic acids is 1. The third-order valence-corrected chi connectivity index (χ3v) is 2.94. The molecule has 0 fully saturated rings. The molecule has 20 heavy (non-hydrogen) atoms. The Bertz CT molecular complexity index is 450. The fourth-order valence-corrected chi connectivity index (χ4v) is 1.56. The van der Waals surface area contributed by atoms with Crippen LogP contribution >= 0.6 is 0 Å². The van der Waals surface area contributed by atoms with Gasteiger partial charge in [0.05, 0.1) is 39.6 Å². The molecule has 4 N–H and O–H groups in total. The van der Waals surface area contributed by atoms with Gasteiger partial charge in [-0.3, -0.25) is 4.79 Å². The molecule has 7 heteroatoms. The van der Waals surface area contributed by atoms with Crippen molar-refractivity contribution in [2.75, 3.05) is 34.0 Å². The first kappa shape index (κ1) is 16.2. The van der Waals surface area contributed by atoms with E-state index < -0.39 is 31.3 Å². The lowest BCUT2D eigenvalue weighted by Gasteiger charge is -2.28. The number of hydrogen-bond donors (Lipinski definition) is 4. The summed E-state index contributed by atoms with van der Waals surface area (Å²) in [6, 6.07) is 4.60. The van der Waals surface area contributed by atoms with Gasteiger partial charge in [-0.15, -0.1) is 0 Å². The molecule has 0 spiro atoms. The van der Waals surface area contributed by atoms with Gasteiger partial charge in [-0.2, -0.15) is 0 Å². The number of aliphatic hydroxyl groups is 3. The number of carbonyl (C=O) groups is 1. The normalized spacial score (nSPS) is 11.1. The second-order valence-electron chi connectivity index (χ2n) is 4.28. The van der Waals surface area contributed by atoms with E-state index in [1.54, 1.807) is 6.07 Å². The minimum absolute atomic E-state index is 0.202. The quantitative estimate of drug-likeness (QED) is 0.520. The van der Waals surface area contributed by atoms with E-state index in [0.29, 0.717) is 5.75 Å². The van der Waals surface area contributed by atoms with Gasteiger partial charge in [-0.1, -0.05) is 0 Å². The van der Waals surface area contributed by atoms with Crippen LogP contribution in [0.5, 0.6) is 11.5 Å². The van der Waals surface area contributed by atoms with Crippen LogP contribution in [0.25, 0.3) is 0 Å². The molecule has 0 unspecified atom stereocenters. The molecule has 0 radical (unpaired) electrons. The number of benzene rings is 1. The first-order valence-electron chi connectivity index (χ1n) is 5.93. The van der Waals surface area contributed by atoms with Crippen molar-refractivity contribution in [2.45, 2.75) is 5.54 Å². The highest BCUT2D eigenvalue weighted by Gasteiger charge is 2.31.